The highest BCUT2D eigenvalue weighted by Gasteiger charge is 2.37. The van der Waals surface area contributed by atoms with Gasteiger partial charge in [-0.2, -0.15) is 18.3 Å². The molecule has 0 bridgehead atoms. The molecule has 1 aliphatic rings. The third-order valence-corrected chi connectivity index (χ3v) is 7.02. The monoisotopic (exact) mass is 530 g/mol. The summed E-state index contributed by atoms with van der Waals surface area (Å²) in [4.78, 5) is 17.7. The molecule has 2 aromatic rings. The molecule has 1 amide bonds. The molecule has 10 heteroatoms. The highest BCUT2D eigenvalue weighted by Crippen LogP contribution is 2.40. The van der Waals surface area contributed by atoms with Gasteiger partial charge in [0.15, 0.2) is 0 Å². The van der Waals surface area contributed by atoms with Crippen molar-refractivity contribution in [3.8, 4) is 0 Å². The van der Waals surface area contributed by atoms with Crippen molar-refractivity contribution in [2.24, 2.45) is 16.5 Å². The first-order chi connectivity index (χ1) is 17.6. The number of aliphatic imine (C=N–C) groups is 1. The Balaban J connectivity index is 1.89. The zero-order chi connectivity index (χ0) is 28.3. The second-order valence-corrected chi connectivity index (χ2v) is 11.0. The number of nitrogens with one attached hydrogen (secondary N) is 1. The van der Waals surface area contributed by atoms with Gasteiger partial charge < -0.3 is 16.8 Å². The van der Waals surface area contributed by atoms with Gasteiger partial charge >= 0.3 is 6.18 Å². The maximum Gasteiger partial charge on any atom is 0.416 e. The maximum absolute atomic E-state index is 13.5. The summed E-state index contributed by atoms with van der Waals surface area (Å²) in [6.45, 7) is 11.5. The summed E-state index contributed by atoms with van der Waals surface area (Å²) < 4.78 is 40.7. The fraction of sp³-hybridized carbons (Fsp3) is 0.464. The summed E-state index contributed by atoms with van der Waals surface area (Å²) in [6.07, 6.45) is 3.13. The highest BCUT2D eigenvalue weighted by atomic mass is 19.4. The number of hydrogen-bond acceptors (Lipinski definition) is 4. The lowest BCUT2D eigenvalue weighted by Crippen LogP contribution is -2.42. The lowest BCUT2D eigenvalue weighted by molar-refractivity contribution is -0.137. The topological polar surface area (TPSA) is 111 Å². The molecule has 0 spiro atoms. The fourth-order valence-corrected chi connectivity index (χ4v) is 4.67. The van der Waals surface area contributed by atoms with E-state index in [1.54, 1.807) is 25.3 Å². The number of hydrogen-bond donors (Lipinski definition) is 3. The van der Waals surface area contributed by atoms with Crippen LogP contribution >= 0.6 is 0 Å². The van der Waals surface area contributed by atoms with Crippen molar-refractivity contribution in [2.75, 3.05) is 6.54 Å². The third-order valence-electron chi connectivity index (χ3n) is 7.02. The molecule has 0 atom stereocenters. The molecule has 1 aromatic carbocycles. The Morgan fingerprint density at radius 1 is 1.16 bits per heavy atom. The van der Waals surface area contributed by atoms with Crippen LogP contribution in [-0.4, -0.2) is 28.2 Å². The Bertz CT molecular complexity index is 1230. The van der Waals surface area contributed by atoms with E-state index in [4.69, 9.17) is 11.5 Å². The van der Waals surface area contributed by atoms with Crippen LogP contribution in [0, 0.1) is 0 Å². The van der Waals surface area contributed by atoms with E-state index >= 15 is 0 Å². The number of rotatable bonds is 6. The van der Waals surface area contributed by atoms with Gasteiger partial charge in [-0.25, -0.2) is 9.67 Å². The molecular weight excluding hydrogens is 493 g/mol. The van der Waals surface area contributed by atoms with Gasteiger partial charge in [0.2, 0.25) is 5.96 Å². The van der Waals surface area contributed by atoms with Crippen molar-refractivity contribution in [3.63, 3.8) is 0 Å². The molecule has 0 unspecified atom stereocenters. The first kappa shape index (κ1) is 29.0. The van der Waals surface area contributed by atoms with Crippen LogP contribution in [0.3, 0.4) is 0 Å². The van der Waals surface area contributed by atoms with E-state index in [2.05, 4.69) is 22.0 Å². The van der Waals surface area contributed by atoms with E-state index in [0.717, 1.165) is 49.8 Å². The van der Waals surface area contributed by atoms with E-state index in [1.807, 2.05) is 20.8 Å². The average molecular weight is 531 g/mol. The molecule has 7 nitrogen and oxygen atoms in total. The molecule has 38 heavy (non-hydrogen) atoms. The second kappa shape index (κ2) is 11.0. The van der Waals surface area contributed by atoms with E-state index in [9.17, 15) is 18.0 Å². The Hall–Kier alpha value is -3.56. The van der Waals surface area contributed by atoms with E-state index in [1.165, 1.54) is 10.9 Å². The smallest absolute Gasteiger partial charge is 0.399 e. The first-order valence-corrected chi connectivity index (χ1v) is 12.7. The van der Waals surface area contributed by atoms with Crippen LogP contribution in [0.5, 0.6) is 0 Å². The summed E-state index contributed by atoms with van der Waals surface area (Å²) in [5.74, 6) is -0.267. The molecule has 0 radical (unpaired) electrons. The van der Waals surface area contributed by atoms with Crippen LogP contribution in [0.25, 0.3) is 0 Å². The van der Waals surface area contributed by atoms with Crippen LogP contribution in [0.1, 0.15) is 87.0 Å². The minimum atomic E-state index is -4.39. The number of amides is 1. The summed E-state index contributed by atoms with van der Waals surface area (Å²) in [6, 6.07) is 5.32. The standard InChI is InChI=1S/C28H37F3N6O/c1-18(19(2)32)15-34-25(33)37-16-22(23(36-37)26(3,4)5)24(38)35-17-27(13-7-6-8-14-27)20-9-11-21(12-10-20)28(29,30)31/h9-12,15-16H,2,6-8,13-14,17,32H2,1,3-5H3,(H2,33,34)(H,35,38)/b18-15-. The van der Waals surface area contributed by atoms with Gasteiger partial charge in [-0.05, 0) is 43.0 Å². The number of benzene rings is 1. The minimum absolute atomic E-state index is 0.0589. The molecule has 1 aliphatic carbocycles. The zero-order valence-corrected chi connectivity index (χ0v) is 22.5. The molecule has 1 heterocycles. The van der Waals surface area contributed by atoms with E-state index in [0.29, 0.717) is 29.1 Å². The van der Waals surface area contributed by atoms with Crippen LogP contribution in [0.15, 0.2) is 59.5 Å². The van der Waals surface area contributed by atoms with Crippen LogP contribution in [0.4, 0.5) is 13.2 Å². The lowest BCUT2D eigenvalue weighted by Gasteiger charge is -2.38. The van der Waals surface area contributed by atoms with Gasteiger partial charge in [0, 0.05) is 35.5 Å². The molecule has 5 N–H and O–H groups in total. The fourth-order valence-electron chi connectivity index (χ4n) is 4.67. The van der Waals surface area contributed by atoms with Crippen LogP contribution < -0.4 is 16.8 Å². The Morgan fingerprint density at radius 3 is 2.29 bits per heavy atom. The number of nitrogens with two attached hydrogens (primary N) is 2. The molecule has 3 rings (SSSR count). The number of carbonyl (C=O) groups excluding carboxylic acids is 1. The van der Waals surface area contributed by atoms with Gasteiger partial charge in [-0.1, -0.05) is 58.7 Å². The number of nitrogens with zero attached hydrogens (tertiary/aromatic N) is 3. The van der Waals surface area contributed by atoms with Gasteiger partial charge in [-0.15, -0.1) is 0 Å². The second-order valence-electron chi connectivity index (χ2n) is 11.0. The van der Waals surface area contributed by atoms with Gasteiger partial charge in [-0.3, -0.25) is 4.79 Å². The van der Waals surface area contributed by atoms with E-state index in [-0.39, 0.29) is 11.9 Å². The number of allylic oxidation sites excluding steroid dienone is 1. The SMILES string of the molecule is C=C(N)/C(C)=C\N=C(/N)n1cc(C(=O)NCC2(c3ccc(C(F)(F)F)cc3)CCCCC2)c(C(C)(C)C)n1. The van der Waals surface area contributed by atoms with Crippen LogP contribution in [0.2, 0.25) is 0 Å². The van der Waals surface area contributed by atoms with Crippen molar-refractivity contribution in [2.45, 2.75) is 76.8 Å². The van der Waals surface area contributed by atoms with Crippen molar-refractivity contribution >= 4 is 11.9 Å². The lowest BCUT2D eigenvalue weighted by atomic mass is 9.69. The largest absolute Gasteiger partial charge is 0.416 e. The predicted octanol–water partition coefficient (Wildman–Crippen LogP) is 5.37. The number of alkyl halides is 3. The van der Waals surface area contributed by atoms with Crippen molar-refractivity contribution in [1.29, 1.82) is 0 Å². The highest BCUT2D eigenvalue weighted by molar-refractivity contribution is 5.96. The summed E-state index contributed by atoms with van der Waals surface area (Å²) >= 11 is 0. The predicted molar refractivity (Wildman–Crippen MR) is 144 cm³/mol. The Labute approximate surface area is 221 Å². The van der Waals surface area contributed by atoms with Gasteiger partial charge in [0.05, 0.1) is 16.8 Å². The van der Waals surface area contributed by atoms with Crippen molar-refractivity contribution < 1.29 is 18.0 Å². The van der Waals surface area contributed by atoms with Gasteiger partial charge in [0.25, 0.3) is 5.91 Å². The molecule has 1 fully saturated rings. The first-order valence-electron chi connectivity index (χ1n) is 12.7. The quantitative estimate of drug-likeness (QED) is 0.265. The zero-order valence-electron chi connectivity index (χ0n) is 22.5. The third kappa shape index (κ3) is 6.65. The molecule has 1 saturated carbocycles. The molecule has 1 aromatic heterocycles. The van der Waals surface area contributed by atoms with Crippen LogP contribution in [-0.2, 0) is 17.0 Å². The summed E-state index contributed by atoms with van der Waals surface area (Å²) in [5.41, 5.74) is 12.9. The number of aromatic nitrogens is 2. The Kier molecular flexibility index (Phi) is 8.43. The van der Waals surface area contributed by atoms with Gasteiger partial charge in [0.1, 0.15) is 0 Å². The van der Waals surface area contributed by atoms with Crippen molar-refractivity contribution in [3.05, 3.63) is 76.9 Å². The number of halogens is 3. The summed E-state index contributed by atoms with van der Waals surface area (Å²) in [5, 5.41) is 7.59. The molecular formula is C28H37F3N6O. The molecule has 0 saturated heterocycles. The Morgan fingerprint density at radius 2 is 1.76 bits per heavy atom. The molecule has 0 aliphatic heterocycles. The number of carbonyl (C=O) groups is 1. The molecule has 206 valence electrons. The maximum atomic E-state index is 13.5. The van der Waals surface area contributed by atoms with Crippen molar-refractivity contribution in [1.82, 2.24) is 15.1 Å². The normalized spacial score (nSPS) is 16.8. The average Bonchev–Trinajstić information content (AvgIpc) is 3.32. The van der Waals surface area contributed by atoms with E-state index < -0.39 is 22.6 Å². The summed E-state index contributed by atoms with van der Waals surface area (Å²) in [7, 11) is 0. The minimum Gasteiger partial charge on any atom is -0.399 e.